The Morgan fingerprint density at radius 3 is 2.64 bits per heavy atom. The Morgan fingerprint density at radius 2 is 1.86 bits per heavy atom. The third-order valence-corrected chi connectivity index (χ3v) is 4.25. The average molecular weight is 291 g/mol. The van der Waals surface area contributed by atoms with Crippen LogP contribution in [-0.4, -0.2) is 12.3 Å². The molecule has 0 fully saturated rings. The van der Waals surface area contributed by atoms with E-state index in [2.05, 4.69) is 53.4 Å². The largest absolute Gasteiger partial charge is 0.364 e. The summed E-state index contributed by atoms with van der Waals surface area (Å²) in [5.41, 5.74) is 3.85. The first-order valence-electron chi connectivity index (χ1n) is 7.84. The molecule has 1 aliphatic rings. The van der Waals surface area contributed by atoms with Gasteiger partial charge in [0.2, 0.25) is 0 Å². The lowest BCUT2D eigenvalue weighted by atomic mass is 9.89. The molecule has 2 aromatic rings. The number of ketones is 1. The first kappa shape index (κ1) is 14.6. The van der Waals surface area contributed by atoms with Crippen LogP contribution in [0.5, 0.6) is 0 Å². The van der Waals surface area contributed by atoms with E-state index >= 15 is 0 Å². The highest BCUT2D eigenvalue weighted by atomic mass is 16.1. The molecule has 3 rings (SSSR count). The van der Waals surface area contributed by atoms with Crippen LogP contribution in [0, 0.1) is 0 Å². The smallest absolute Gasteiger partial charge is 0.157 e. The molecule has 0 unspecified atom stereocenters. The summed E-state index contributed by atoms with van der Waals surface area (Å²) in [6.07, 6.45) is 5.06. The van der Waals surface area contributed by atoms with Gasteiger partial charge in [-0.2, -0.15) is 0 Å². The molecule has 22 heavy (non-hydrogen) atoms. The molecule has 2 aromatic carbocycles. The van der Waals surface area contributed by atoms with E-state index < -0.39 is 0 Å². The van der Waals surface area contributed by atoms with Crippen molar-refractivity contribution in [3.63, 3.8) is 0 Å². The van der Waals surface area contributed by atoms with Gasteiger partial charge < -0.3 is 4.90 Å². The molecule has 0 N–H and O–H groups in total. The van der Waals surface area contributed by atoms with Gasteiger partial charge in [0.25, 0.3) is 0 Å². The molecule has 0 bridgehead atoms. The molecule has 1 atom stereocenters. The second-order valence-corrected chi connectivity index (χ2v) is 5.66. The van der Waals surface area contributed by atoms with Crippen LogP contribution in [-0.2, 0) is 11.2 Å². The molecular formula is C20H21NO. The molecule has 0 radical (unpaired) electrons. The van der Waals surface area contributed by atoms with Crippen LogP contribution in [0.15, 0.2) is 66.7 Å². The summed E-state index contributed by atoms with van der Waals surface area (Å²) >= 11 is 0. The topological polar surface area (TPSA) is 20.3 Å². The number of para-hydroxylation sites is 1. The number of hydrogen-bond donors (Lipinski definition) is 0. The highest BCUT2D eigenvalue weighted by Gasteiger charge is 2.28. The number of hydrogen-bond acceptors (Lipinski definition) is 2. The highest BCUT2D eigenvalue weighted by Crippen LogP contribution is 2.35. The van der Waals surface area contributed by atoms with Gasteiger partial charge in [0.1, 0.15) is 0 Å². The Kier molecular flexibility index (Phi) is 4.38. The van der Waals surface area contributed by atoms with Crippen molar-refractivity contribution in [2.24, 2.45) is 0 Å². The van der Waals surface area contributed by atoms with Crippen LogP contribution >= 0.6 is 0 Å². The predicted octanol–water partition coefficient (Wildman–Crippen LogP) is 4.33. The number of allylic oxidation sites excluding steroid dienone is 2. The summed E-state index contributed by atoms with van der Waals surface area (Å²) in [5, 5.41) is 0. The van der Waals surface area contributed by atoms with Gasteiger partial charge in [-0.15, -0.1) is 0 Å². The minimum absolute atomic E-state index is 0.121. The Bertz CT molecular complexity index is 675. The van der Waals surface area contributed by atoms with Crippen molar-refractivity contribution in [3.05, 3.63) is 77.9 Å². The van der Waals surface area contributed by atoms with Gasteiger partial charge in [-0.3, -0.25) is 4.79 Å². The van der Waals surface area contributed by atoms with Crippen molar-refractivity contribution in [1.29, 1.82) is 0 Å². The number of benzene rings is 2. The van der Waals surface area contributed by atoms with Gasteiger partial charge in [-0.25, -0.2) is 0 Å². The van der Waals surface area contributed by atoms with Crippen molar-refractivity contribution in [2.45, 2.75) is 25.8 Å². The molecule has 0 saturated carbocycles. The third kappa shape index (κ3) is 2.96. The maximum Gasteiger partial charge on any atom is 0.157 e. The van der Waals surface area contributed by atoms with Crippen molar-refractivity contribution >= 4 is 11.5 Å². The van der Waals surface area contributed by atoms with Crippen molar-refractivity contribution in [3.8, 4) is 0 Å². The Balaban J connectivity index is 1.98. The van der Waals surface area contributed by atoms with Crippen molar-refractivity contribution in [2.75, 3.05) is 11.4 Å². The van der Waals surface area contributed by atoms with Crippen LogP contribution in [0.2, 0.25) is 0 Å². The average Bonchev–Trinajstić information content (AvgIpc) is 2.56. The van der Waals surface area contributed by atoms with Gasteiger partial charge in [0, 0.05) is 18.7 Å². The lowest BCUT2D eigenvalue weighted by Crippen LogP contribution is -2.36. The maximum atomic E-state index is 12.2. The number of carbonyl (C=O) groups is 1. The number of fused-ring (bicyclic) bond motifs is 1. The Labute approximate surface area is 132 Å². The molecule has 2 nitrogen and oxygen atoms in total. The second kappa shape index (κ2) is 6.61. The molecule has 2 heteroatoms. The van der Waals surface area contributed by atoms with Gasteiger partial charge in [-0.05, 0) is 42.7 Å². The minimum atomic E-state index is 0.121. The van der Waals surface area contributed by atoms with E-state index in [9.17, 15) is 4.79 Å². The molecule has 0 saturated heterocycles. The fourth-order valence-electron chi connectivity index (χ4n) is 3.24. The van der Waals surface area contributed by atoms with E-state index in [0.29, 0.717) is 6.42 Å². The predicted molar refractivity (Wildman–Crippen MR) is 91.1 cm³/mol. The van der Waals surface area contributed by atoms with E-state index in [4.69, 9.17) is 0 Å². The molecular weight excluding hydrogens is 270 g/mol. The number of nitrogens with zero attached hydrogens (tertiary/aromatic N) is 1. The molecule has 1 aliphatic heterocycles. The summed E-state index contributed by atoms with van der Waals surface area (Å²) in [4.78, 5) is 14.5. The first-order valence-corrected chi connectivity index (χ1v) is 7.84. The minimum Gasteiger partial charge on any atom is -0.364 e. The second-order valence-electron chi connectivity index (χ2n) is 5.66. The fourth-order valence-corrected chi connectivity index (χ4v) is 3.24. The summed E-state index contributed by atoms with van der Waals surface area (Å²) in [5.74, 6) is 0.185. The van der Waals surface area contributed by atoms with Gasteiger partial charge in [0.05, 0.1) is 6.04 Å². The Hall–Kier alpha value is -2.35. The molecule has 112 valence electrons. The van der Waals surface area contributed by atoms with Gasteiger partial charge >= 0.3 is 0 Å². The zero-order valence-corrected chi connectivity index (χ0v) is 12.9. The first-order chi connectivity index (χ1) is 10.8. The van der Waals surface area contributed by atoms with Crippen LogP contribution in [0.3, 0.4) is 0 Å². The van der Waals surface area contributed by atoms with Crippen LogP contribution in [0.4, 0.5) is 5.69 Å². The van der Waals surface area contributed by atoms with Crippen molar-refractivity contribution < 1.29 is 4.79 Å². The highest BCUT2D eigenvalue weighted by molar-refractivity contribution is 5.90. The van der Waals surface area contributed by atoms with E-state index in [1.807, 2.05) is 19.1 Å². The maximum absolute atomic E-state index is 12.2. The number of rotatable bonds is 4. The van der Waals surface area contributed by atoms with Gasteiger partial charge in [-0.1, -0.05) is 48.5 Å². The summed E-state index contributed by atoms with van der Waals surface area (Å²) in [6.45, 7) is 2.84. The van der Waals surface area contributed by atoms with Gasteiger partial charge in [0.15, 0.2) is 5.78 Å². The zero-order chi connectivity index (χ0) is 15.4. The van der Waals surface area contributed by atoms with Crippen LogP contribution < -0.4 is 4.90 Å². The van der Waals surface area contributed by atoms with Crippen molar-refractivity contribution in [1.82, 2.24) is 0 Å². The SMILES string of the molecule is C/C=C/C(=O)C[C@H]1c2ccccc2CCN1c1ccccc1. The molecule has 1 heterocycles. The van der Waals surface area contributed by atoms with E-state index in [0.717, 1.165) is 13.0 Å². The van der Waals surface area contributed by atoms with Crippen LogP contribution in [0.25, 0.3) is 0 Å². The number of anilines is 1. The number of carbonyl (C=O) groups excluding carboxylic acids is 1. The molecule has 0 spiro atoms. The van der Waals surface area contributed by atoms with E-state index in [1.54, 1.807) is 6.08 Å². The molecule has 0 aliphatic carbocycles. The lowest BCUT2D eigenvalue weighted by molar-refractivity contribution is -0.115. The Morgan fingerprint density at radius 1 is 1.14 bits per heavy atom. The quantitative estimate of drug-likeness (QED) is 0.782. The fraction of sp³-hybridized carbons (Fsp3) is 0.250. The standard InChI is InChI=1S/C20H21NO/c1-2-8-18(22)15-20-19-12-7-6-9-16(19)13-14-21(20)17-10-4-3-5-11-17/h2-12,20H,13-15H2,1H3/b8-2+/t20-/m0/s1. The zero-order valence-electron chi connectivity index (χ0n) is 12.9. The summed E-state index contributed by atoms with van der Waals surface area (Å²) < 4.78 is 0. The lowest BCUT2D eigenvalue weighted by Gasteiger charge is -2.38. The summed E-state index contributed by atoms with van der Waals surface area (Å²) in [6, 6.07) is 19.0. The molecule has 0 amide bonds. The third-order valence-electron chi connectivity index (χ3n) is 4.25. The van der Waals surface area contributed by atoms with Crippen LogP contribution in [0.1, 0.15) is 30.5 Å². The van der Waals surface area contributed by atoms with E-state index in [-0.39, 0.29) is 11.8 Å². The normalized spacial score (nSPS) is 17.5. The summed E-state index contributed by atoms with van der Waals surface area (Å²) in [7, 11) is 0. The monoisotopic (exact) mass is 291 g/mol. The van der Waals surface area contributed by atoms with E-state index in [1.165, 1.54) is 16.8 Å². The molecule has 0 aromatic heterocycles.